The summed E-state index contributed by atoms with van der Waals surface area (Å²) < 4.78 is 6.61. The van der Waals surface area contributed by atoms with Crippen LogP contribution in [0.2, 0.25) is 0 Å². The standard InChI is InChI=1S/C17H18BrNO2/c1-2-3-11-21-16-10-5-4-9-15(16)17(20)19-14-8-6-7-13(18)12-14/h4-10,12H,2-3,11H2,1H3,(H,19,20). The highest BCUT2D eigenvalue weighted by atomic mass is 79.9. The molecule has 0 aliphatic rings. The minimum atomic E-state index is -0.166. The average molecular weight is 348 g/mol. The normalized spacial score (nSPS) is 10.2. The van der Waals surface area contributed by atoms with Gasteiger partial charge in [-0.2, -0.15) is 0 Å². The van der Waals surface area contributed by atoms with E-state index in [1.807, 2.05) is 42.5 Å². The van der Waals surface area contributed by atoms with Gasteiger partial charge in [-0.25, -0.2) is 0 Å². The number of hydrogen-bond donors (Lipinski definition) is 1. The Kier molecular flexibility index (Phi) is 5.81. The van der Waals surface area contributed by atoms with Gasteiger partial charge in [-0.05, 0) is 36.8 Å². The van der Waals surface area contributed by atoms with E-state index in [1.54, 1.807) is 6.07 Å². The molecule has 0 atom stereocenters. The fourth-order valence-corrected chi connectivity index (χ4v) is 2.27. The van der Waals surface area contributed by atoms with Gasteiger partial charge >= 0.3 is 0 Å². The summed E-state index contributed by atoms with van der Waals surface area (Å²) in [5.74, 6) is 0.457. The molecule has 3 nitrogen and oxygen atoms in total. The fourth-order valence-electron chi connectivity index (χ4n) is 1.87. The van der Waals surface area contributed by atoms with Crippen LogP contribution in [0.1, 0.15) is 30.1 Å². The van der Waals surface area contributed by atoms with Gasteiger partial charge in [0.1, 0.15) is 5.75 Å². The third-order valence-electron chi connectivity index (χ3n) is 2.97. The third kappa shape index (κ3) is 4.60. The number of para-hydroxylation sites is 1. The Morgan fingerprint density at radius 3 is 2.76 bits per heavy atom. The summed E-state index contributed by atoms with van der Waals surface area (Å²) in [7, 11) is 0. The molecule has 4 heteroatoms. The van der Waals surface area contributed by atoms with E-state index in [-0.39, 0.29) is 5.91 Å². The molecule has 21 heavy (non-hydrogen) atoms. The molecule has 0 fully saturated rings. The van der Waals surface area contributed by atoms with Crippen LogP contribution in [0.3, 0.4) is 0 Å². The Labute approximate surface area is 133 Å². The first-order valence-electron chi connectivity index (χ1n) is 6.99. The number of amides is 1. The molecule has 0 bridgehead atoms. The van der Waals surface area contributed by atoms with E-state index < -0.39 is 0 Å². The van der Waals surface area contributed by atoms with Crippen molar-refractivity contribution in [3.05, 3.63) is 58.6 Å². The number of halogens is 1. The zero-order chi connectivity index (χ0) is 15.1. The predicted molar refractivity (Wildman–Crippen MR) is 88.9 cm³/mol. The van der Waals surface area contributed by atoms with Crippen LogP contribution < -0.4 is 10.1 Å². The molecule has 0 saturated heterocycles. The number of carbonyl (C=O) groups is 1. The minimum Gasteiger partial charge on any atom is -0.493 e. The average Bonchev–Trinajstić information content (AvgIpc) is 2.48. The van der Waals surface area contributed by atoms with Gasteiger partial charge in [0.05, 0.1) is 12.2 Å². The first-order chi connectivity index (χ1) is 10.2. The number of ether oxygens (including phenoxy) is 1. The SMILES string of the molecule is CCCCOc1ccccc1C(=O)Nc1cccc(Br)c1. The lowest BCUT2D eigenvalue weighted by molar-refractivity contribution is 0.102. The lowest BCUT2D eigenvalue weighted by Crippen LogP contribution is -2.13. The Hall–Kier alpha value is -1.81. The molecule has 0 heterocycles. The van der Waals surface area contributed by atoms with E-state index in [9.17, 15) is 4.79 Å². The maximum atomic E-state index is 12.4. The smallest absolute Gasteiger partial charge is 0.259 e. The van der Waals surface area contributed by atoms with Crippen LogP contribution in [0, 0.1) is 0 Å². The molecule has 0 saturated carbocycles. The molecule has 0 aromatic heterocycles. The number of unbranched alkanes of at least 4 members (excludes halogenated alkanes) is 1. The van der Waals surface area contributed by atoms with Crippen molar-refractivity contribution < 1.29 is 9.53 Å². The van der Waals surface area contributed by atoms with Gasteiger partial charge in [-0.3, -0.25) is 4.79 Å². The summed E-state index contributed by atoms with van der Waals surface area (Å²) in [6.07, 6.45) is 2.04. The number of anilines is 1. The molecule has 110 valence electrons. The molecule has 2 aromatic carbocycles. The van der Waals surface area contributed by atoms with E-state index >= 15 is 0 Å². The summed E-state index contributed by atoms with van der Waals surface area (Å²) in [4.78, 5) is 12.4. The van der Waals surface area contributed by atoms with Crippen molar-refractivity contribution in [2.24, 2.45) is 0 Å². The Bertz CT molecular complexity index is 613. The number of carbonyl (C=O) groups excluding carboxylic acids is 1. The van der Waals surface area contributed by atoms with Crippen LogP contribution in [-0.2, 0) is 0 Å². The van der Waals surface area contributed by atoms with E-state index in [0.29, 0.717) is 17.9 Å². The largest absolute Gasteiger partial charge is 0.493 e. The third-order valence-corrected chi connectivity index (χ3v) is 3.46. The number of rotatable bonds is 6. The molecule has 0 spiro atoms. The second kappa shape index (κ2) is 7.84. The zero-order valence-corrected chi connectivity index (χ0v) is 13.5. The van der Waals surface area contributed by atoms with Crippen molar-refractivity contribution in [2.45, 2.75) is 19.8 Å². The highest BCUT2D eigenvalue weighted by Crippen LogP contribution is 2.21. The lowest BCUT2D eigenvalue weighted by Gasteiger charge is -2.11. The molecule has 0 aliphatic heterocycles. The highest BCUT2D eigenvalue weighted by molar-refractivity contribution is 9.10. The molecule has 0 aliphatic carbocycles. The summed E-state index contributed by atoms with van der Waals surface area (Å²) >= 11 is 3.39. The Morgan fingerprint density at radius 2 is 2.00 bits per heavy atom. The zero-order valence-electron chi connectivity index (χ0n) is 11.9. The predicted octanol–water partition coefficient (Wildman–Crippen LogP) is 4.88. The number of benzene rings is 2. The minimum absolute atomic E-state index is 0.166. The van der Waals surface area contributed by atoms with Gasteiger partial charge in [0, 0.05) is 10.2 Å². The van der Waals surface area contributed by atoms with Gasteiger partial charge in [0.2, 0.25) is 0 Å². The topological polar surface area (TPSA) is 38.3 Å². The summed E-state index contributed by atoms with van der Waals surface area (Å²) in [5.41, 5.74) is 1.30. The van der Waals surface area contributed by atoms with E-state index in [1.165, 1.54) is 0 Å². The highest BCUT2D eigenvalue weighted by Gasteiger charge is 2.12. The Morgan fingerprint density at radius 1 is 1.19 bits per heavy atom. The van der Waals surface area contributed by atoms with Crippen LogP contribution >= 0.6 is 15.9 Å². The maximum Gasteiger partial charge on any atom is 0.259 e. The lowest BCUT2D eigenvalue weighted by atomic mass is 10.2. The molecule has 1 N–H and O–H groups in total. The van der Waals surface area contributed by atoms with Crippen LogP contribution in [0.25, 0.3) is 0 Å². The Balaban J connectivity index is 2.11. The second-order valence-electron chi connectivity index (χ2n) is 4.66. The molecule has 1 amide bonds. The first kappa shape index (κ1) is 15.6. The fraction of sp³-hybridized carbons (Fsp3) is 0.235. The van der Waals surface area contributed by atoms with Crippen molar-refractivity contribution in [3.8, 4) is 5.75 Å². The van der Waals surface area contributed by atoms with Gasteiger partial charge in [-0.15, -0.1) is 0 Å². The quantitative estimate of drug-likeness (QED) is 0.756. The van der Waals surface area contributed by atoms with Crippen molar-refractivity contribution in [2.75, 3.05) is 11.9 Å². The van der Waals surface area contributed by atoms with Crippen molar-refractivity contribution >= 4 is 27.5 Å². The van der Waals surface area contributed by atoms with Gasteiger partial charge < -0.3 is 10.1 Å². The van der Waals surface area contributed by atoms with Gasteiger partial charge in [0.25, 0.3) is 5.91 Å². The van der Waals surface area contributed by atoms with Crippen LogP contribution in [0.15, 0.2) is 53.0 Å². The van der Waals surface area contributed by atoms with Crippen molar-refractivity contribution in [1.82, 2.24) is 0 Å². The van der Waals surface area contributed by atoms with Crippen LogP contribution in [0.5, 0.6) is 5.75 Å². The summed E-state index contributed by atoms with van der Waals surface area (Å²) in [5, 5.41) is 2.88. The second-order valence-corrected chi connectivity index (χ2v) is 5.58. The van der Waals surface area contributed by atoms with Gasteiger partial charge in [-0.1, -0.05) is 47.5 Å². The van der Waals surface area contributed by atoms with Crippen molar-refractivity contribution in [1.29, 1.82) is 0 Å². The molecule has 0 unspecified atom stereocenters. The van der Waals surface area contributed by atoms with Crippen molar-refractivity contribution in [3.63, 3.8) is 0 Å². The van der Waals surface area contributed by atoms with Gasteiger partial charge in [0.15, 0.2) is 0 Å². The molecular formula is C17H18BrNO2. The van der Waals surface area contributed by atoms with E-state index in [4.69, 9.17) is 4.74 Å². The first-order valence-corrected chi connectivity index (χ1v) is 7.78. The van der Waals surface area contributed by atoms with Crippen LogP contribution in [0.4, 0.5) is 5.69 Å². The molecule has 0 radical (unpaired) electrons. The monoisotopic (exact) mass is 347 g/mol. The maximum absolute atomic E-state index is 12.4. The molecule has 2 aromatic rings. The van der Waals surface area contributed by atoms with E-state index in [2.05, 4.69) is 28.2 Å². The number of nitrogens with one attached hydrogen (secondary N) is 1. The van der Waals surface area contributed by atoms with Crippen LogP contribution in [-0.4, -0.2) is 12.5 Å². The summed E-state index contributed by atoms with van der Waals surface area (Å²) in [6, 6.07) is 14.8. The molecular weight excluding hydrogens is 330 g/mol. The molecule has 2 rings (SSSR count). The number of hydrogen-bond acceptors (Lipinski definition) is 2. The van der Waals surface area contributed by atoms with E-state index in [0.717, 1.165) is 23.0 Å². The summed E-state index contributed by atoms with van der Waals surface area (Å²) in [6.45, 7) is 2.73.